The molecule has 0 saturated heterocycles. The average molecular weight is 381 g/mol. The van der Waals surface area contributed by atoms with E-state index in [-0.39, 0.29) is 18.1 Å². The summed E-state index contributed by atoms with van der Waals surface area (Å²) in [4.78, 5) is 16.4. The van der Waals surface area contributed by atoms with Gasteiger partial charge in [0.2, 0.25) is 5.91 Å². The van der Waals surface area contributed by atoms with Crippen molar-refractivity contribution >= 4 is 11.9 Å². The first kappa shape index (κ1) is 22.9. The van der Waals surface area contributed by atoms with Gasteiger partial charge in [-0.05, 0) is 37.0 Å². The predicted octanol–water partition coefficient (Wildman–Crippen LogP) is 2.10. The third-order valence-electron chi connectivity index (χ3n) is 3.53. The van der Waals surface area contributed by atoms with E-state index in [1.165, 1.54) is 12.1 Å². The van der Waals surface area contributed by atoms with Gasteiger partial charge < -0.3 is 20.7 Å². The van der Waals surface area contributed by atoms with Crippen molar-refractivity contribution in [1.82, 2.24) is 16.0 Å². The summed E-state index contributed by atoms with van der Waals surface area (Å²) in [6.07, 6.45) is 1.11. The van der Waals surface area contributed by atoms with E-state index in [1.54, 1.807) is 12.1 Å². The van der Waals surface area contributed by atoms with Crippen LogP contribution >= 0.6 is 0 Å². The first-order valence-electron chi connectivity index (χ1n) is 9.62. The molecule has 152 valence electrons. The number of nitrogens with one attached hydrogen (secondary N) is 3. The summed E-state index contributed by atoms with van der Waals surface area (Å²) in [6, 6.07) is 5.95. The van der Waals surface area contributed by atoms with E-state index in [4.69, 9.17) is 4.74 Å². The molecule has 0 aliphatic rings. The number of aliphatic imine (C=N–C) groups is 1. The molecule has 0 heterocycles. The van der Waals surface area contributed by atoms with Gasteiger partial charge in [-0.15, -0.1) is 0 Å². The molecule has 0 spiro atoms. The molecule has 6 nitrogen and oxygen atoms in total. The highest BCUT2D eigenvalue weighted by Gasteiger charge is 2.03. The zero-order valence-electron chi connectivity index (χ0n) is 16.7. The van der Waals surface area contributed by atoms with Crippen molar-refractivity contribution in [2.24, 2.45) is 10.9 Å². The van der Waals surface area contributed by atoms with Gasteiger partial charge in [0.05, 0.1) is 6.42 Å². The summed E-state index contributed by atoms with van der Waals surface area (Å²) in [6.45, 7) is 10.3. The van der Waals surface area contributed by atoms with Crippen LogP contribution in [0.2, 0.25) is 0 Å². The molecule has 1 amide bonds. The van der Waals surface area contributed by atoms with Crippen molar-refractivity contribution in [2.45, 2.75) is 33.6 Å². The first-order chi connectivity index (χ1) is 13.0. The Bertz CT molecular complexity index is 562. The standard InChI is InChI=1S/C20H33FN4O2/c1-4-22-20(24-10-5-13-27-15-16(2)3)25-12-11-23-19(26)14-17-6-8-18(21)9-7-17/h6-9,16H,4-5,10-15H2,1-3H3,(H,23,26)(H2,22,24,25). The molecule has 0 aliphatic carbocycles. The van der Waals surface area contributed by atoms with Gasteiger partial charge in [0.15, 0.2) is 5.96 Å². The van der Waals surface area contributed by atoms with Crippen LogP contribution in [0.25, 0.3) is 0 Å². The molecule has 0 bridgehead atoms. The van der Waals surface area contributed by atoms with Crippen LogP contribution in [0.4, 0.5) is 4.39 Å². The second kappa shape index (κ2) is 14.0. The lowest BCUT2D eigenvalue weighted by molar-refractivity contribution is -0.120. The molecular formula is C20H33FN4O2. The molecule has 1 aromatic carbocycles. The topological polar surface area (TPSA) is 74.8 Å². The molecule has 0 saturated carbocycles. The molecule has 7 heteroatoms. The van der Waals surface area contributed by atoms with E-state index in [1.807, 2.05) is 6.92 Å². The highest BCUT2D eigenvalue weighted by molar-refractivity contribution is 5.80. The number of carbonyl (C=O) groups is 1. The molecule has 0 aromatic heterocycles. The van der Waals surface area contributed by atoms with Crippen molar-refractivity contribution in [3.05, 3.63) is 35.6 Å². The number of guanidine groups is 1. The van der Waals surface area contributed by atoms with Crippen molar-refractivity contribution < 1.29 is 13.9 Å². The highest BCUT2D eigenvalue weighted by atomic mass is 19.1. The number of hydrogen-bond acceptors (Lipinski definition) is 3. The zero-order chi connectivity index (χ0) is 19.9. The molecule has 0 unspecified atom stereocenters. The van der Waals surface area contributed by atoms with Crippen LogP contribution in [0.5, 0.6) is 0 Å². The fourth-order valence-corrected chi connectivity index (χ4v) is 2.25. The molecule has 27 heavy (non-hydrogen) atoms. The summed E-state index contributed by atoms with van der Waals surface area (Å²) >= 11 is 0. The number of hydrogen-bond donors (Lipinski definition) is 3. The second-order valence-corrected chi connectivity index (χ2v) is 6.66. The molecular weight excluding hydrogens is 347 g/mol. The van der Waals surface area contributed by atoms with Crippen molar-refractivity contribution in [3.63, 3.8) is 0 Å². The fraction of sp³-hybridized carbons (Fsp3) is 0.600. The first-order valence-corrected chi connectivity index (χ1v) is 9.62. The molecule has 1 aromatic rings. The summed E-state index contributed by atoms with van der Waals surface area (Å²) in [5, 5.41) is 9.20. The van der Waals surface area contributed by atoms with Gasteiger partial charge >= 0.3 is 0 Å². The number of ether oxygens (including phenoxy) is 1. The Morgan fingerprint density at radius 2 is 1.85 bits per heavy atom. The van der Waals surface area contributed by atoms with Crippen LogP contribution < -0.4 is 16.0 Å². The second-order valence-electron chi connectivity index (χ2n) is 6.66. The van der Waals surface area contributed by atoms with Crippen LogP contribution in [-0.4, -0.2) is 51.3 Å². The maximum atomic E-state index is 12.9. The lowest BCUT2D eigenvalue weighted by Crippen LogP contribution is -2.41. The lowest BCUT2D eigenvalue weighted by Gasteiger charge is -2.12. The zero-order valence-corrected chi connectivity index (χ0v) is 16.7. The maximum Gasteiger partial charge on any atom is 0.224 e. The van der Waals surface area contributed by atoms with E-state index >= 15 is 0 Å². The van der Waals surface area contributed by atoms with Crippen molar-refractivity contribution in [3.8, 4) is 0 Å². The number of nitrogens with zero attached hydrogens (tertiary/aromatic N) is 1. The third kappa shape index (κ3) is 12.0. The van der Waals surface area contributed by atoms with Crippen molar-refractivity contribution in [1.29, 1.82) is 0 Å². The molecule has 3 N–H and O–H groups in total. The quantitative estimate of drug-likeness (QED) is 0.295. The van der Waals surface area contributed by atoms with Crippen LogP contribution in [0.1, 0.15) is 32.8 Å². The van der Waals surface area contributed by atoms with Gasteiger partial charge in [0.25, 0.3) is 0 Å². The Morgan fingerprint density at radius 3 is 2.52 bits per heavy atom. The van der Waals surface area contributed by atoms with E-state index in [0.717, 1.165) is 31.1 Å². The molecule has 0 radical (unpaired) electrons. The number of rotatable bonds is 12. The Morgan fingerprint density at radius 1 is 1.15 bits per heavy atom. The van der Waals surface area contributed by atoms with Crippen LogP contribution in [0.3, 0.4) is 0 Å². The van der Waals surface area contributed by atoms with Crippen LogP contribution in [0.15, 0.2) is 29.3 Å². The average Bonchev–Trinajstić information content (AvgIpc) is 2.63. The third-order valence-corrected chi connectivity index (χ3v) is 3.53. The number of carbonyl (C=O) groups excluding carboxylic acids is 1. The minimum absolute atomic E-state index is 0.0901. The summed E-state index contributed by atoms with van der Waals surface area (Å²) in [5.74, 6) is 0.887. The van der Waals surface area contributed by atoms with Gasteiger partial charge in [-0.25, -0.2) is 4.39 Å². The number of amides is 1. The van der Waals surface area contributed by atoms with Crippen LogP contribution in [-0.2, 0) is 16.0 Å². The van der Waals surface area contributed by atoms with Crippen molar-refractivity contribution in [2.75, 3.05) is 39.4 Å². The van der Waals surface area contributed by atoms with Crippen LogP contribution in [0, 0.1) is 11.7 Å². The summed E-state index contributed by atoms with van der Waals surface area (Å²) < 4.78 is 18.4. The van der Waals surface area contributed by atoms with Gasteiger partial charge in [-0.1, -0.05) is 26.0 Å². The molecule has 0 atom stereocenters. The number of benzene rings is 1. The normalized spacial score (nSPS) is 11.5. The Labute approximate surface area is 162 Å². The minimum Gasteiger partial charge on any atom is -0.381 e. The Balaban J connectivity index is 2.20. The highest BCUT2D eigenvalue weighted by Crippen LogP contribution is 2.03. The Hall–Kier alpha value is -2.15. The fourth-order valence-electron chi connectivity index (χ4n) is 2.25. The van der Waals surface area contributed by atoms with E-state index in [0.29, 0.717) is 32.2 Å². The maximum absolute atomic E-state index is 12.9. The van der Waals surface area contributed by atoms with Gasteiger partial charge in [-0.2, -0.15) is 0 Å². The monoisotopic (exact) mass is 380 g/mol. The van der Waals surface area contributed by atoms with E-state index in [2.05, 4.69) is 34.8 Å². The molecule has 0 aliphatic heterocycles. The molecule has 1 rings (SSSR count). The number of halogens is 1. The van der Waals surface area contributed by atoms with Gasteiger partial charge in [0, 0.05) is 39.4 Å². The van der Waals surface area contributed by atoms with Gasteiger partial charge in [0.1, 0.15) is 5.82 Å². The molecule has 0 fully saturated rings. The van der Waals surface area contributed by atoms with E-state index < -0.39 is 0 Å². The smallest absolute Gasteiger partial charge is 0.224 e. The largest absolute Gasteiger partial charge is 0.381 e. The lowest BCUT2D eigenvalue weighted by atomic mass is 10.1. The van der Waals surface area contributed by atoms with E-state index in [9.17, 15) is 9.18 Å². The SMILES string of the molecule is CCNC(=NCCCOCC(C)C)NCCNC(=O)Cc1ccc(F)cc1. The van der Waals surface area contributed by atoms with Gasteiger partial charge in [-0.3, -0.25) is 9.79 Å². The predicted molar refractivity (Wildman–Crippen MR) is 107 cm³/mol. The summed E-state index contributed by atoms with van der Waals surface area (Å²) in [5.41, 5.74) is 0.788. The summed E-state index contributed by atoms with van der Waals surface area (Å²) in [7, 11) is 0. The minimum atomic E-state index is -0.301. The Kier molecular flexibility index (Phi) is 11.8.